The highest BCUT2D eigenvalue weighted by molar-refractivity contribution is 5.76. The van der Waals surface area contributed by atoms with E-state index in [-0.39, 0.29) is 18.5 Å². The molecule has 0 saturated heterocycles. The number of ether oxygens (including phenoxy) is 1. The lowest BCUT2D eigenvalue weighted by Gasteiger charge is -2.20. The summed E-state index contributed by atoms with van der Waals surface area (Å²) >= 11 is 0. The van der Waals surface area contributed by atoms with Gasteiger partial charge in [-0.25, -0.2) is 0 Å². The lowest BCUT2D eigenvalue weighted by atomic mass is 10.0. The Morgan fingerprint density at radius 3 is 0.887 bits per heavy atom. The van der Waals surface area contributed by atoms with Crippen molar-refractivity contribution in [3.05, 3.63) is 24.3 Å². The molecule has 0 aliphatic heterocycles. The van der Waals surface area contributed by atoms with E-state index in [1.54, 1.807) is 6.08 Å². The molecule has 0 spiro atoms. The molecule has 0 aromatic rings. The molecule has 1 amide bonds. The van der Waals surface area contributed by atoms with Crippen LogP contribution in [0.4, 0.5) is 0 Å². The minimum absolute atomic E-state index is 0.0178. The fourth-order valence-electron chi connectivity index (χ4n) is 11.6. The van der Waals surface area contributed by atoms with Crippen LogP contribution in [-0.4, -0.2) is 47.4 Å². The normalized spacial score (nSPS) is 12.6. The first-order valence-electron chi connectivity index (χ1n) is 36.6. The van der Waals surface area contributed by atoms with Crippen molar-refractivity contribution in [2.45, 2.75) is 424 Å². The molecule has 0 aliphatic carbocycles. The Bertz CT molecular complexity index is 1250. The van der Waals surface area contributed by atoms with Crippen LogP contribution in [0.3, 0.4) is 0 Å². The maximum atomic E-state index is 12.5. The zero-order valence-electron chi connectivity index (χ0n) is 54.3. The lowest BCUT2D eigenvalue weighted by molar-refractivity contribution is -0.143. The molecule has 0 aromatic heterocycles. The predicted octanol–water partition coefficient (Wildman–Crippen LogP) is 23.7. The number of aliphatic hydroxyl groups excluding tert-OH is 2. The van der Waals surface area contributed by atoms with E-state index in [0.717, 1.165) is 38.5 Å². The van der Waals surface area contributed by atoms with Crippen LogP contribution in [0.2, 0.25) is 0 Å². The van der Waals surface area contributed by atoms with E-state index in [1.807, 2.05) is 6.08 Å². The highest BCUT2D eigenvalue weighted by atomic mass is 16.5. The Kier molecular flexibility index (Phi) is 68.4. The monoisotopic (exact) mass is 1130 g/mol. The number of rotatable bonds is 69. The number of amides is 1. The van der Waals surface area contributed by atoms with Gasteiger partial charge in [-0.2, -0.15) is 0 Å². The molecule has 0 fully saturated rings. The minimum Gasteiger partial charge on any atom is -0.466 e. The number of nitrogens with one attached hydrogen (secondary N) is 1. The summed E-state index contributed by atoms with van der Waals surface area (Å²) in [7, 11) is 0. The van der Waals surface area contributed by atoms with Gasteiger partial charge in [0.15, 0.2) is 0 Å². The van der Waals surface area contributed by atoms with Crippen molar-refractivity contribution in [2.75, 3.05) is 13.2 Å². The van der Waals surface area contributed by atoms with E-state index in [4.69, 9.17) is 4.74 Å². The predicted molar refractivity (Wildman–Crippen MR) is 352 cm³/mol. The first-order valence-corrected chi connectivity index (χ1v) is 36.6. The average Bonchev–Trinajstić information content (AvgIpc) is 3.46. The quantitative estimate of drug-likeness (QED) is 0.0320. The molecule has 6 heteroatoms. The van der Waals surface area contributed by atoms with E-state index in [1.165, 1.54) is 347 Å². The van der Waals surface area contributed by atoms with Crippen LogP contribution >= 0.6 is 0 Å². The molecule has 0 aliphatic rings. The number of hydrogen-bond donors (Lipinski definition) is 3. The van der Waals surface area contributed by atoms with Gasteiger partial charge in [0.25, 0.3) is 0 Å². The molecule has 0 rings (SSSR count). The second-order valence-electron chi connectivity index (χ2n) is 25.3. The van der Waals surface area contributed by atoms with E-state index in [0.29, 0.717) is 19.4 Å². The van der Waals surface area contributed by atoms with Gasteiger partial charge in [0.05, 0.1) is 25.4 Å². The fraction of sp³-hybridized carbons (Fsp3) is 0.919. The highest BCUT2D eigenvalue weighted by Gasteiger charge is 2.18. The maximum absolute atomic E-state index is 12.5. The Labute approximate surface area is 501 Å². The van der Waals surface area contributed by atoms with Crippen LogP contribution in [0, 0.1) is 0 Å². The Hall–Kier alpha value is -1.66. The van der Waals surface area contributed by atoms with E-state index in [9.17, 15) is 19.8 Å². The van der Waals surface area contributed by atoms with Crippen LogP contribution in [0.1, 0.15) is 412 Å². The highest BCUT2D eigenvalue weighted by Crippen LogP contribution is 2.19. The molecule has 0 saturated carbocycles. The van der Waals surface area contributed by atoms with Gasteiger partial charge in [-0.3, -0.25) is 9.59 Å². The Morgan fingerprint density at radius 2 is 0.588 bits per heavy atom. The van der Waals surface area contributed by atoms with Crippen molar-refractivity contribution in [3.63, 3.8) is 0 Å². The maximum Gasteiger partial charge on any atom is 0.305 e. The van der Waals surface area contributed by atoms with Crippen molar-refractivity contribution in [1.29, 1.82) is 0 Å². The van der Waals surface area contributed by atoms with Crippen molar-refractivity contribution in [2.24, 2.45) is 0 Å². The summed E-state index contributed by atoms with van der Waals surface area (Å²) in [4.78, 5) is 24.6. The number of esters is 1. The second-order valence-corrected chi connectivity index (χ2v) is 25.3. The van der Waals surface area contributed by atoms with Crippen LogP contribution < -0.4 is 5.32 Å². The molecular formula is C74H143NO5. The van der Waals surface area contributed by atoms with E-state index < -0.39 is 12.1 Å². The molecule has 3 N–H and O–H groups in total. The first kappa shape index (κ1) is 78.3. The summed E-state index contributed by atoms with van der Waals surface area (Å²) in [6.45, 7) is 4.95. The third-order valence-corrected chi connectivity index (χ3v) is 17.2. The Balaban J connectivity index is 3.40. The SMILES string of the molecule is CCCCCCCCCCCCCCCCCCCCCC/C=C/C(O)C(CO)NC(=O)CCCCCCCCCCCCC/C=C\CCCCCCCCCCCCCCOC(=O)CCCCCCCCCCCCCCCC. The third-order valence-electron chi connectivity index (χ3n) is 17.2. The van der Waals surface area contributed by atoms with Gasteiger partial charge >= 0.3 is 5.97 Å². The lowest BCUT2D eigenvalue weighted by Crippen LogP contribution is -2.45. The second kappa shape index (κ2) is 69.8. The van der Waals surface area contributed by atoms with Gasteiger partial charge in [0.1, 0.15) is 0 Å². The van der Waals surface area contributed by atoms with Crippen LogP contribution in [0.5, 0.6) is 0 Å². The minimum atomic E-state index is -0.846. The van der Waals surface area contributed by atoms with Gasteiger partial charge in [-0.15, -0.1) is 0 Å². The summed E-state index contributed by atoms with van der Waals surface area (Å²) in [6, 6.07) is -0.629. The molecule has 80 heavy (non-hydrogen) atoms. The van der Waals surface area contributed by atoms with Crippen molar-refractivity contribution in [3.8, 4) is 0 Å². The number of aliphatic hydroxyl groups is 2. The zero-order valence-corrected chi connectivity index (χ0v) is 54.3. The third kappa shape index (κ3) is 65.5. The zero-order chi connectivity index (χ0) is 57.8. The summed E-state index contributed by atoms with van der Waals surface area (Å²) in [5, 5.41) is 23.3. The Morgan fingerprint density at radius 1 is 0.338 bits per heavy atom. The van der Waals surface area contributed by atoms with E-state index >= 15 is 0 Å². The summed E-state index contributed by atoms with van der Waals surface area (Å²) < 4.78 is 5.49. The number of carbonyl (C=O) groups excluding carboxylic acids is 2. The van der Waals surface area contributed by atoms with E-state index in [2.05, 4.69) is 31.3 Å². The number of allylic oxidation sites excluding steroid dienone is 3. The molecule has 0 aromatic carbocycles. The van der Waals surface area contributed by atoms with Crippen molar-refractivity contribution in [1.82, 2.24) is 5.32 Å². The van der Waals surface area contributed by atoms with Crippen molar-refractivity contribution >= 4 is 11.9 Å². The van der Waals surface area contributed by atoms with Crippen LogP contribution in [-0.2, 0) is 14.3 Å². The molecule has 6 nitrogen and oxygen atoms in total. The number of unbranched alkanes of at least 4 members (excludes halogenated alkanes) is 56. The molecular weight excluding hydrogens is 983 g/mol. The average molecular weight is 1130 g/mol. The van der Waals surface area contributed by atoms with Crippen LogP contribution in [0.25, 0.3) is 0 Å². The fourth-order valence-corrected chi connectivity index (χ4v) is 11.6. The van der Waals surface area contributed by atoms with Gasteiger partial charge in [0.2, 0.25) is 5.91 Å². The molecule has 0 radical (unpaired) electrons. The number of carbonyl (C=O) groups is 2. The topological polar surface area (TPSA) is 95.9 Å². The number of hydrogen-bond acceptors (Lipinski definition) is 5. The molecule has 2 atom stereocenters. The standard InChI is InChI=1S/C74H143NO5/c1-3-5-7-9-11-13-15-17-19-20-21-22-30-33-36-39-42-46-50-54-58-62-66-72(77)71(70-76)75-73(78)67-63-59-55-51-47-43-40-37-34-31-28-26-24-23-25-27-29-32-35-38-41-45-49-53-57-61-65-69-80-74(79)68-64-60-56-52-48-44-18-16-14-12-10-8-6-4-2/h23-24,62,66,71-72,76-77H,3-22,25-61,63-65,67-70H2,1-2H3,(H,75,78)/b24-23-,66-62+. The molecule has 474 valence electrons. The van der Waals surface area contributed by atoms with Gasteiger partial charge in [-0.1, -0.05) is 366 Å². The summed E-state index contributed by atoms with van der Waals surface area (Å²) in [6.07, 6.45) is 88.4. The van der Waals surface area contributed by atoms with Crippen LogP contribution in [0.15, 0.2) is 24.3 Å². The first-order chi connectivity index (χ1) is 39.5. The van der Waals surface area contributed by atoms with Gasteiger partial charge < -0.3 is 20.3 Å². The van der Waals surface area contributed by atoms with Crippen molar-refractivity contribution < 1.29 is 24.5 Å². The van der Waals surface area contributed by atoms with Gasteiger partial charge in [-0.05, 0) is 57.8 Å². The molecule has 2 unspecified atom stereocenters. The van der Waals surface area contributed by atoms with Gasteiger partial charge in [0, 0.05) is 12.8 Å². The summed E-state index contributed by atoms with van der Waals surface area (Å²) in [5.74, 6) is -0.0465. The largest absolute Gasteiger partial charge is 0.466 e. The summed E-state index contributed by atoms with van der Waals surface area (Å²) in [5.41, 5.74) is 0. The smallest absolute Gasteiger partial charge is 0.305 e. The molecule has 0 heterocycles. The molecule has 0 bridgehead atoms.